The molecule has 1 aromatic carbocycles. The lowest BCUT2D eigenvalue weighted by Crippen LogP contribution is -2.23. The standard InChI is InChI=1S/C14H20N2O3/c1-18-9-10-5-6-16(8-10)13-4-3-11(15)7-12(13)14(17)19-2/h3-4,7,10H,5-6,8-9,15H2,1-2H3. The maximum atomic E-state index is 11.8. The van der Waals surface area contributed by atoms with Gasteiger partial charge < -0.3 is 20.1 Å². The van der Waals surface area contributed by atoms with E-state index >= 15 is 0 Å². The van der Waals surface area contributed by atoms with Gasteiger partial charge in [-0.3, -0.25) is 0 Å². The maximum absolute atomic E-state index is 11.8. The predicted octanol–water partition coefficient (Wildman–Crippen LogP) is 1.53. The molecule has 1 fully saturated rings. The van der Waals surface area contributed by atoms with E-state index in [4.69, 9.17) is 15.2 Å². The summed E-state index contributed by atoms with van der Waals surface area (Å²) in [4.78, 5) is 14.0. The highest BCUT2D eigenvalue weighted by atomic mass is 16.5. The van der Waals surface area contributed by atoms with Gasteiger partial charge in [-0.2, -0.15) is 0 Å². The Bertz CT molecular complexity index is 462. The zero-order valence-electron chi connectivity index (χ0n) is 11.4. The molecule has 0 saturated carbocycles. The van der Waals surface area contributed by atoms with Crippen LogP contribution in [-0.2, 0) is 9.47 Å². The molecule has 104 valence electrons. The molecule has 0 bridgehead atoms. The van der Waals surface area contributed by atoms with Crippen LogP contribution in [0.3, 0.4) is 0 Å². The van der Waals surface area contributed by atoms with Gasteiger partial charge in [-0.25, -0.2) is 4.79 Å². The Hall–Kier alpha value is -1.75. The predicted molar refractivity (Wildman–Crippen MR) is 74.4 cm³/mol. The molecular formula is C14H20N2O3. The molecule has 0 spiro atoms. The lowest BCUT2D eigenvalue weighted by molar-refractivity contribution is 0.0601. The van der Waals surface area contributed by atoms with E-state index in [1.165, 1.54) is 7.11 Å². The van der Waals surface area contributed by atoms with Crippen LogP contribution in [0.4, 0.5) is 11.4 Å². The molecule has 1 aliphatic rings. The highest BCUT2D eigenvalue weighted by Crippen LogP contribution is 2.29. The third kappa shape index (κ3) is 2.98. The summed E-state index contributed by atoms with van der Waals surface area (Å²) in [5, 5.41) is 0. The number of nitrogen functional groups attached to an aromatic ring is 1. The first kappa shape index (κ1) is 13.7. The molecular weight excluding hydrogens is 244 g/mol. The average molecular weight is 264 g/mol. The Morgan fingerprint density at radius 2 is 2.26 bits per heavy atom. The van der Waals surface area contributed by atoms with Crippen molar-refractivity contribution in [3.05, 3.63) is 23.8 Å². The monoisotopic (exact) mass is 264 g/mol. The smallest absolute Gasteiger partial charge is 0.340 e. The van der Waals surface area contributed by atoms with Gasteiger partial charge in [-0.05, 0) is 24.6 Å². The van der Waals surface area contributed by atoms with Gasteiger partial charge in [0.05, 0.1) is 25.0 Å². The van der Waals surface area contributed by atoms with Crippen molar-refractivity contribution in [2.24, 2.45) is 5.92 Å². The van der Waals surface area contributed by atoms with Crippen LogP contribution >= 0.6 is 0 Å². The fraction of sp³-hybridized carbons (Fsp3) is 0.500. The van der Waals surface area contributed by atoms with Crippen LogP contribution in [0.5, 0.6) is 0 Å². The molecule has 5 nitrogen and oxygen atoms in total. The van der Waals surface area contributed by atoms with E-state index in [9.17, 15) is 4.79 Å². The maximum Gasteiger partial charge on any atom is 0.340 e. The highest BCUT2D eigenvalue weighted by Gasteiger charge is 2.26. The van der Waals surface area contributed by atoms with Gasteiger partial charge in [0.2, 0.25) is 0 Å². The SMILES string of the molecule is COCC1CCN(c2ccc(N)cc2C(=O)OC)C1. The summed E-state index contributed by atoms with van der Waals surface area (Å²) in [6.45, 7) is 2.56. The Balaban J connectivity index is 2.22. The quantitative estimate of drug-likeness (QED) is 0.660. The van der Waals surface area contributed by atoms with E-state index in [1.807, 2.05) is 12.1 Å². The summed E-state index contributed by atoms with van der Waals surface area (Å²) in [5.41, 5.74) is 7.73. The van der Waals surface area contributed by atoms with E-state index < -0.39 is 0 Å². The van der Waals surface area contributed by atoms with Gasteiger partial charge in [0.25, 0.3) is 0 Å². The van der Waals surface area contributed by atoms with Gasteiger partial charge in [-0.15, -0.1) is 0 Å². The normalized spacial score (nSPS) is 18.6. The minimum absolute atomic E-state index is 0.350. The summed E-state index contributed by atoms with van der Waals surface area (Å²) in [6.07, 6.45) is 1.07. The van der Waals surface area contributed by atoms with Crippen LogP contribution in [-0.4, -0.2) is 39.9 Å². The number of ether oxygens (including phenoxy) is 2. The number of nitrogens with two attached hydrogens (primary N) is 1. The van der Waals surface area contributed by atoms with Crippen molar-refractivity contribution in [1.29, 1.82) is 0 Å². The highest BCUT2D eigenvalue weighted by molar-refractivity contribution is 5.97. The lowest BCUT2D eigenvalue weighted by atomic mass is 10.1. The van der Waals surface area contributed by atoms with Gasteiger partial charge in [-0.1, -0.05) is 0 Å². The molecule has 1 atom stereocenters. The van der Waals surface area contributed by atoms with Crippen molar-refractivity contribution in [1.82, 2.24) is 0 Å². The molecule has 0 amide bonds. The van der Waals surface area contributed by atoms with Crippen molar-refractivity contribution in [2.75, 3.05) is 44.5 Å². The van der Waals surface area contributed by atoms with E-state index in [1.54, 1.807) is 13.2 Å². The Kier molecular flexibility index (Phi) is 4.27. The number of methoxy groups -OCH3 is 2. The van der Waals surface area contributed by atoms with E-state index in [2.05, 4.69) is 4.90 Å². The first-order chi connectivity index (χ1) is 9.15. The van der Waals surface area contributed by atoms with Gasteiger partial charge in [0, 0.05) is 31.8 Å². The Morgan fingerprint density at radius 1 is 1.47 bits per heavy atom. The molecule has 1 aromatic rings. The first-order valence-corrected chi connectivity index (χ1v) is 6.37. The summed E-state index contributed by atoms with van der Waals surface area (Å²) in [5.74, 6) is 0.158. The van der Waals surface area contributed by atoms with Crippen LogP contribution in [0, 0.1) is 5.92 Å². The lowest BCUT2D eigenvalue weighted by Gasteiger charge is -2.21. The number of rotatable bonds is 4. The van der Waals surface area contributed by atoms with Crippen molar-refractivity contribution in [3.8, 4) is 0 Å². The minimum Gasteiger partial charge on any atom is -0.465 e. The van der Waals surface area contributed by atoms with Crippen LogP contribution in [0.15, 0.2) is 18.2 Å². The summed E-state index contributed by atoms with van der Waals surface area (Å²) < 4.78 is 10.0. The second-order valence-electron chi connectivity index (χ2n) is 4.82. The van der Waals surface area contributed by atoms with E-state index in [-0.39, 0.29) is 5.97 Å². The van der Waals surface area contributed by atoms with Crippen LogP contribution in [0.1, 0.15) is 16.8 Å². The molecule has 5 heteroatoms. The number of hydrogen-bond acceptors (Lipinski definition) is 5. The van der Waals surface area contributed by atoms with Crippen molar-refractivity contribution >= 4 is 17.3 Å². The Labute approximate surface area is 113 Å². The first-order valence-electron chi connectivity index (χ1n) is 6.37. The average Bonchev–Trinajstić information content (AvgIpc) is 2.86. The number of esters is 1. The molecule has 0 aliphatic carbocycles. The largest absolute Gasteiger partial charge is 0.465 e. The number of hydrogen-bond donors (Lipinski definition) is 1. The summed E-state index contributed by atoms with van der Waals surface area (Å²) in [6, 6.07) is 5.37. The molecule has 19 heavy (non-hydrogen) atoms. The number of nitrogens with zero attached hydrogens (tertiary/aromatic N) is 1. The molecule has 1 heterocycles. The third-order valence-corrected chi connectivity index (χ3v) is 3.45. The van der Waals surface area contributed by atoms with Crippen molar-refractivity contribution in [2.45, 2.75) is 6.42 Å². The zero-order valence-corrected chi connectivity index (χ0v) is 11.4. The van der Waals surface area contributed by atoms with Crippen LogP contribution in [0.25, 0.3) is 0 Å². The van der Waals surface area contributed by atoms with E-state index in [0.717, 1.165) is 31.8 Å². The number of carbonyl (C=O) groups is 1. The fourth-order valence-corrected chi connectivity index (χ4v) is 2.53. The summed E-state index contributed by atoms with van der Waals surface area (Å²) in [7, 11) is 3.10. The molecule has 0 radical (unpaired) electrons. The molecule has 2 rings (SSSR count). The second kappa shape index (κ2) is 5.93. The molecule has 0 aromatic heterocycles. The number of benzene rings is 1. The molecule has 1 unspecified atom stereocenters. The topological polar surface area (TPSA) is 64.8 Å². The number of anilines is 2. The summed E-state index contributed by atoms with van der Waals surface area (Å²) >= 11 is 0. The van der Waals surface area contributed by atoms with Gasteiger partial charge in [0.15, 0.2) is 0 Å². The minimum atomic E-state index is -0.350. The second-order valence-corrected chi connectivity index (χ2v) is 4.82. The molecule has 1 aliphatic heterocycles. The molecule has 1 saturated heterocycles. The van der Waals surface area contributed by atoms with Gasteiger partial charge >= 0.3 is 5.97 Å². The van der Waals surface area contributed by atoms with Gasteiger partial charge in [0.1, 0.15) is 0 Å². The third-order valence-electron chi connectivity index (χ3n) is 3.45. The van der Waals surface area contributed by atoms with Crippen molar-refractivity contribution in [3.63, 3.8) is 0 Å². The van der Waals surface area contributed by atoms with Crippen LogP contribution in [0.2, 0.25) is 0 Å². The van der Waals surface area contributed by atoms with Crippen LogP contribution < -0.4 is 10.6 Å². The zero-order chi connectivity index (χ0) is 13.8. The van der Waals surface area contributed by atoms with E-state index in [0.29, 0.717) is 17.2 Å². The Morgan fingerprint density at radius 3 is 2.95 bits per heavy atom. The fourth-order valence-electron chi connectivity index (χ4n) is 2.53. The molecule has 2 N–H and O–H groups in total. The number of carbonyl (C=O) groups excluding carboxylic acids is 1. The van der Waals surface area contributed by atoms with Crippen molar-refractivity contribution < 1.29 is 14.3 Å².